The molecule has 0 spiro atoms. The van der Waals surface area contributed by atoms with Gasteiger partial charge in [-0.2, -0.15) is 0 Å². The first-order valence-corrected chi connectivity index (χ1v) is 9.64. The molecule has 5 heteroatoms. The fourth-order valence-corrected chi connectivity index (χ4v) is 4.97. The highest BCUT2D eigenvalue weighted by Gasteiger charge is 2.31. The lowest BCUT2D eigenvalue weighted by atomic mass is 9.93. The van der Waals surface area contributed by atoms with Crippen LogP contribution >= 0.6 is 11.3 Å². The Labute approximate surface area is 155 Å². The Kier molecular flexibility index (Phi) is 4.74. The van der Waals surface area contributed by atoms with Gasteiger partial charge in [-0.1, -0.05) is 30.3 Å². The zero-order chi connectivity index (χ0) is 18.1. The molecule has 1 fully saturated rings. The first-order valence-electron chi connectivity index (χ1n) is 8.82. The van der Waals surface area contributed by atoms with Crippen LogP contribution in [0.25, 0.3) is 10.1 Å². The third-order valence-corrected chi connectivity index (χ3v) is 6.31. The topological polar surface area (TPSA) is 40.5 Å². The minimum Gasteiger partial charge on any atom is -0.481 e. The molecule has 2 heterocycles. The van der Waals surface area contributed by atoms with Crippen LogP contribution < -0.4 is 0 Å². The molecule has 1 aliphatic heterocycles. The van der Waals surface area contributed by atoms with Crippen LogP contribution in [0.3, 0.4) is 0 Å². The summed E-state index contributed by atoms with van der Waals surface area (Å²) in [4.78, 5) is 14.8. The van der Waals surface area contributed by atoms with Crippen molar-refractivity contribution in [2.75, 3.05) is 13.1 Å². The van der Waals surface area contributed by atoms with Crippen LogP contribution in [0.1, 0.15) is 29.3 Å². The molecule has 1 atom stereocenters. The van der Waals surface area contributed by atoms with Crippen molar-refractivity contribution in [1.29, 1.82) is 0 Å². The molecular weight excluding hydrogens is 349 g/mol. The average Bonchev–Trinajstić information content (AvgIpc) is 3.07. The summed E-state index contributed by atoms with van der Waals surface area (Å²) in [7, 11) is 0. The van der Waals surface area contributed by atoms with E-state index < -0.39 is 5.97 Å². The highest BCUT2D eigenvalue weighted by Crippen LogP contribution is 2.38. The van der Waals surface area contributed by atoms with E-state index in [-0.39, 0.29) is 17.8 Å². The van der Waals surface area contributed by atoms with Crippen molar-refractivity contribution in [3.8, 4) is 0 Å². The number of hydrogen-bond donors (Lipinski definition) is 1. The lowest BCUT2D eigenvalue weighted by molar-refractivity contribution is -0.143. The summed E-state index contributed by atoms with van der Waals surface area (Å²) in [6.07, 6.45) is 1.30. The van der Waals surface area contributed by atoms with Crippen molar-refractivity contribution >= 4 is 27.4 Å². The van der Waals surface area contributed by atoms with Crippen molar-refractivity contribution in [2.24, 2.45) is 5.92 Å². The van der Waals surface area contributed by atoms with Gasteiger partial charge in [0.25, 0.3) is 0 Å². The number of piperidine rings is 1. The van der Waals surface area contributed by atoms with E-state index in [9.17, 15) is 14.3 Å². The Balaban J connectivity index is 1.70. The van der Waals surface area contributed by atoms with Gasteiger partial charge in [0, 0.05) is 9.58 Å². The molecule has 4 rings (SSSR count). The number of hydrogen-bond acceptors (Lipinski definition) is 3. The molecule has 0 radical (unpaired) electrons. The summed E-state index contributed by atoms with van der Waals surface area (Å²) in [6, 6.07) is 17.2. The number of thiophene rings is 1. The second-order valence-corrected chi connectivity index (χ2v) is 7.90. The molecule has 1 aromatic heterocycles. The predicted octanol–water partition coefficient (Wildman–Crippen LogP) is 4.93. The number of aliphatic carboxylic acids is 1. The summed E-state index contributed by atoms with van der Waals surface area (Å²) in [5.41, 5.74) is 1.05. The van der Waals surface area contributed by atoms with Gasteiger partial charge in [0.05, 0.1) is 12.0 Å². The van der Waals surface area contributed by atoms with Crippen LogP contribution in [-0.4, -0.2) is 29.1 Å². The molecule has 1 unspecified atom stereocenters. The van der Waals surface area contributed by atoms with Gasteiger partial charge in [-0.25, -0.2) is 4.39 Å². The second kappa shape index (κ2) is 7.17. The van der Waals surface area contributed by atoms with E-state index in [4.69, 9.17) is 0 Å². The summed E-state index contributed by atoms with van der Waals surface area (Å²) >= 11 is 1.75. The molecule has 1 aliphatic rings. The van der Waals surface area contributed by atoms with Crippen molar-refractivity contribution in [3.63, 3.8) is 0 Å². The van der Waals surface area contributed by atoms with Crippen molar-refractivity contribution in [3.05, 3.63) is 70.9 Å². The SMILES string of the molecule is O=C(O)C1CCN(C(c2ccc(F)cc2)c2cc3ccccc3s2)CC1. The molecule has 0 aliphatic carbocycles. The van der Waals surface area contributed by atoms with Gasteiger partial charge in [-0.15, -0.1) is 11.3 Å². The number of nitrogens with zero attached hydrogens (tertiary/aromatic N) is 1. The molecule has 0 amide bonds. The number of halogens is 1. The van der Waals surface area contributed by atoms with E-state index in [0.717, 1.165) is 18.7 Å². The Bertz CT molecular complexity index is 880. The van der Waals surface area contributed by atoms with E-state index in [1.165, 1.54) is 27.1 Å². The van der Waals surface area contributed by atoms with Gasteiger partial charge in [-0.05, 0) is 61.1 Å². The Morgan fingerprint density at radius 3 is 2.46 bits per heavy atom. The van der Waals surface area contributed by atoms with Crippen molar-refractivity contribution in [1.82, 2.24) is 4.90 Å². The molecule has 0 bridgehead atoms. The molecule has 1 N–H and O–H groups in total. The maximum absolute atomic E-state index is 13.4. The maximum atomic E-state index is 13.4. The fraction of sp³-hybridized carbons (Fsp3) is 0.286. The summed E-state index contributed by atoms with van der Waals surface area (Å²) in [5.74, 6) is -1.21. The lowest BCUT2D eigenvalue weighted by Gasteiger charge is -2.36. The average molecular weight is 369 g/mol. The number of likely N-dealkylation sites (tertiary alicyclic amines) is 1. The number of benzene rings is 2. The molecular formula is C21H20FNO2S. The number of fused-ring (bicyclic) bond motifs is 1. The van der Waals surface area contributed by atoms with Crippen LogP contribution in [0.2, 0.25) is 0 Å². The first-order chi connectivity index (χ1) is 12.6. The Morgan fingerprint density at radius 2 is 1.81 bits per heavy atom. The van der Waals surface area contributed by atoms with E-state index >= 15 is 0 Å². The van der Waals surface area contributed by atoms with Crippen LogP contribution in [0, 0.1) is 11.7 Å². The zero-order valence-corrected chi connectivity index (χ0v) is 15.1. The summed E-state index contributed by atoms with van der Waals surface area (Å²) < 4.78 is 14.7. The number of carboxylic acid groups (broad SMARTS) is 1. The van der Waals surface area contributed by atoms with Crippen LogP contribution in [0.5, 0.6) is 0 Å². The summed E-state index contributed by atoms with van der Waals surface area (Å²) in [5, 5.41) is 10.5. The maximum Gasteiger partial charge on any atom is 0.306 e. The molecule has 1 saturated heterocycles. The molecule has 2 aromatic carbocycles. The third-order valence-electron chi connectivity index (χ3n) is 5.14. The predicted molar refractivity (Wildman–Crippen MR) is 102 cm³/mol. The summed E-state index contributed by atoms with van der Waals surface area (Å²) in [6.45, 7) is 1.46. The minimum atomic E-state index is -0.704. The van der Waals surface area contributed by atoms with Crippen LogP contribution in [0.15, 0.2) is 54.6 Å². The van der Waals surface area contributed by atoms with Crippen LogP contribution in [0.4, 0.5) is 4.39 Å². The monoisotopic (exact) mass is 369 g/mol. The first kappa shape index (κ1) is 17.2. The normalized spacial score (nSPS) is 17.4. The highest BCUT2D eigenvalue weighted by atomic mass is 32.1. The second-order valence-electron chi connectivity index (χ2n) is 6.79. The van der Waals surface area contributed by atoms with Crippen molar-refractivity contribution < 1.29 is 14.3 Å². The molecule has 3 nitrogen and oxygen atoms in total. The minimum absolute atomic E-state index is 0.0303. The van der Waals surface area contributed by atoms with Crippen molar-refractivity contribution in [2.45, 2.75) is 18.9 Å². The third kappa shape index (κ3) is 3.37. The van der Waals surface area contributed by atoms with E-state index in [1.807, 2.05) is 24.3 Å². The molecule has 26 heavy (non-hydrogen) atoms. The van der Waals surface area contributed by atoms with Crippen LogP contribution in [-0.2, 0) is 4.79 Å². The zero-order valence-electron chi connectivity index (χ0n) is 14.3. The largest absolute Gasteiger partial charge is 0.481 e. The molecule has 0 saturated carbocycles. The van der Waals surface area contributed by atoms with E-state index in [0.29, 0.717) is 12.8 Å². The van der Waals surface area contributed by atoms with Gasteiger partial charge >= 0.3 is 5.97 Å². The number of carbonyl (C=O) groups is 1. The number of carboxylic acids is 1. The van der Waals surface area contributed by atoms with E-state index in [1.54, 1.807) is 11.3 Å². The number of rotatable bonds is 4. The standard InChI is InChI=1S/C21H20FNO2S/c22-17-7-5-14(6-8-17)20(23-11-9-15(10-12-23)21(24)25)19-13-16-3-1-2-4-18(16)26-19/h1-8,13,15,20H,9-12H2,(H,24,25). The van der Waals surface area contributed by atoms with Gasteiger partial charge in [-0.3, -0.25) is 9.69 Å². The highest BCUT2D eigenvalue weighted by molar-refractivity contribution is 7.19. The van der Waals surface area contributed by atoms with E-state index in [2.05, 4.69) is 23.1 Å². The fourth-order valence-electron chi connectivity index (χ4n) is 3.74. The Morgan fingerprint density at radius 1 is 1.12 bits per heavy atom. The Hall–Kier alpha value is -2.24. The van der Waals surface area contributed by atoms with Gasteiger partial charge in [0.15, 0.2) is 0 Å². The van der Waals surface area contributed by atoms with Gasteiger partial charge < -0.3 is 5.11 Å². The van der Waals surface area contributed by atoms with Gasteiger partial charge in [0.1, 0.15) is 5.82 Å². The lowest BCUT2D eigenvalue weighted by Crippen LogP contribution is -2.39. The van der Waals surface area contributed by atoms with Gasteiger partial charge in [0.2, 0.25) is 0 Å². The molecule has 3 aromatic rings. The smallest absolute Gasteiger partial charge is 0.306 e. The quantitative estimate of drug-likeness (QED) is 0.709. The molecule has 134 valence electrons.